The molecule has 300 valence electrons. The molecule has 62 heavy (non-hydrogen) atoms. The van der Waals surface area contributed by atoms with Crippen molar-refractivity contribution in [2.75, 3.05) is 9.80 Å². The van der Waals surface area contributed by atoms with E-state index >= 15 is 0 Å². The van der Waals surface area contributed by atoms with Gasteiger partial charge >= 0.3 is 0 Å². The van der Waals surface area contributed by atoms with Crippen molar-refractivity contribution in [2.45, 2.75) is 51.7 Å². The molecule has 0 radical (unpaired) electrons. The number of benzene rings is 8. The molecule has 2 aliphatic heterocycles. The summed E-state index contributed by atoms with van der Waals surface area (Å²) in [6.07, 6.45) is 17.3. The molecule has 0 aromatic heterocycles. The molecule has 0 saturated heterocycles. The lowest BCUT2D eigenvalue weighted by atomic mass is 9.91. The minimum Gasteiger partial charge on any atom is -0.483 e. The molecule has 8 aromatic rings. The smallest absolute Gasteiger partial charge is 0.148 e. The van der Waals surface area contributed by atoms with Crippen LogP contribution < -0.4 is 19.3 Å². The van der Waals surface area contributed by atoms with Gasteiger partial charge in [0.05, 0.1) is 22.7 Å². The van der Waals surface area contributed by atoms with Crippen LogP contribution in [0.4, 0.5) is 34.1 Å². The number of para-hydroxylation sites is 2. The van der Waals surface area contributed by atoms with E-state index in [0.29, 0.717) is 0 Å². The van der Waals surface area contributed by atoms with Crippen molar-refractivity contribution in [2.24, 2.45) is 0 Å². The van der Waals surface area contributed by atoms with Gasteiger partial charge in [0.2, 0.25) is 0 Å². The van der Waals surface area contributed by atoms with E-state index in [0.717, 1.165) is 56.4 Å². The van der Waals surface area contributed by atoms with Gasteiger partial charge in [0, 0.05) is 45.1 Å². The van der Waals surface area contributed by atoms with E-state index < -0.39 is 0 Å². The van der Waals surface area contributed by atoms with Crippen molar-refractivity contribution in [3.8, 4) is 11.5 Å². The fourth-order valence-electron chi connectivity index (χ4n) is 10.3. The van der Waals surface area contributed by atoms with E-state index in [2.05, 4.69) is 220 Å². The molecule has 0 spiro atoms. The first-order valence-corrected chi connectivity index (χ1v) is 21.8. The van der Waals surface area contributed by atoms with E-state index in [1.807, 2.05) is 0 Å². The SMILES string of the molecule is Cc1ccc(N(c2cccc3c2OC2C=CC=CC32)c2cc3c4ccccc4c(N(c4ccc(C)c(C)c4)c4cccc5c4OC4C=CC=CC54)cc3c3ccccc23)cc1C. The summed E-state index contributed by atoms with van der Waals surface area (Å²) in [5, 5.41) is 7.08. The molecule has 0 amide bonds. The van der Waals surface area contributed by atoms with Gasteiger partial charge in [-0.2, -0.15) is 0 Å². The van der Waals surface area contributed by atoms with Crippen molar-refractivity contribution >= 4 is 66.4 Å². The van der Waals surface area contributed by atoms with Crippen molar-refractivity contribution in [3.05, 3.63) is 215 Å². The number of fused-ring (bicyclic) bond motifs is 11. The molecular weight excluding hydrogens is 757 g/mol. The molecule has 0 bridgehead atoms. The number of hydrogen-bond donors (Lipinski definition) is 0. The molecule has 0 saturated carbocycles. The van der Waals surface area contributed by atoms with Gasteiger partial charge in [-0.15, -0.1) is 0 Å². The third kappa shape index (κ3) is 5.59. The summed E-state index contributed by atoms with van der Waals surface area (Å²) in [5.74, 6) is 2.24. The number of nitrogens with zero attached hydrogens (tertiary/aromatic N) is 2. The predicted octanol–water partition coefficient (Wildman–Crippen LogP) is 15.3. The second-order valence-electron chi connectivity index (χ2n) is 17.3. The number of ether oxygens (including phenoxy) is 2. The molecule has 0 N–H and O–H groups in total. The monoisotopic (exact) mass is 802 g/mol. The zero-order chi connectivity index (χ0) is 41.6. The summed E-state index contributed by atoms with van der Waals surface area (Å²) >= 11 is 0. The topological polar surface area (TPSA) is 24.9 Å². The van der Waals surface area contributed by atoms with Crippen LogP contribution in [0.15, 0.2) is 182 Å². The van der Waals surface area contributed by atoms with Crippen LogP contribution in [0, 0.1) is 27.7 Å². The highest BCUT2D eigenvalue weighted by atomic mass is 16.5. The highest BCUT2D eigenvalue weighted by molar-refractivity contribution is 6.24. The zero-order valence-corrected chi connectivity index (χ0v) is 35.3. The van der Waals surface area contributed by atoms with E-state index in [1.54, 1.807) is 0 Å². The van der Waals surface area contributed by atoms with Crippen molar-refractivity contribution in [1.29, 1.82) is 0 Å². The Labute approximate surface area is 363 Å². The van der Waals surface area contributed by atoms with Crippen molar-refractivity contribution in [1.82, 2.24) is 0 Å². The number of allylic oxidation sites excluding steroid dienone is 4. The van der Waals surface area contributed by atoms with Gasteiger partial charge in [0.25, 0.3) is 0 Å². The second-order valence-corrected chi connectivity index (χ2v) is 17.3. The van der Waals surface area contributed by atoms with Gasteiger partial charge in [-0.25, -0.2) is 0 Å². The normalized spacial score (nSPS) is 19.0. The van der Waals surface area contributed by atoms with Crippen molar-refractivity contribution in [3.63, 3.8) is 0 Å². The minimum absolute atomic E-state index is 0.0260. The lowest BCUT2D eigenvalue weighted by Crippen LogP contribution is -2.16. The first-order valence-electron chi connectivity index (χ1n) is 21.8. The maximum Gasteiger partial charge on any atom is 0.148 e. The van der Waals surface area contributed by atoms with Gasteiger partial charge < -0.3 is 19.3 Å². The predicted molar refractivity (Wildman–Crippen MR) is 258 cm³/mol. The van der Waals surface area contributed by atoms with Gasteiger partial charge in [-0.05, 0) is 132 Å². The molecule has 8 aromatic carbocycles. The Kier molecular flexibility index (Phi) is 8.33. The van der Waals surface area contributed by atoms with Gasteiger partial charge in [0.15, 0.2) is 0 Å². The van der Waals surface area contributed by atoms with Crippen LogP contribution in [0.3, 0.4) is 0 Å². The largest absolute Gasteiger partial charge is 0.483 e. The lowest BCUT2D eigenvalue weighted by molar-refractivity contribution is 0.269. The first kappa shape index (κ1) is 36.5. The van der Waals surface area contributed by atoms with Crippen LogP contribution in [-0.4, -0.2) is 12.2 Å². The van der Waals surface area contributed by atoms with Crippen LogP contribution >= 0.6 is 0 Å². The Morgan fingerprint density at radius 3 is 1.21 bits per heavy atom. The van der Waals surface area contributed by atoms with E-state index in [9.17, 15) is 0 Å². The molecule has 4 unspecified atom stereocenters. The Bertz CT molecular complexity index is 3080. The van der Waals surface area contributed by atoms with Crippen LogP contribution in [0.2, 0.25) is 0 Å². The van der Waals surface area contributed by atoms with Gasteiger partial charge in [-0.3, -0.25) is 0 Å². The Hall–Kier alpha value is -7.30. The van der Waals surface area contributed by atoms with Crippen LogP contribution in [0.25, 0.3) is 32.3 Å². The Morgan fingerprint density at radius 2 is 0.774 bits per heavy atom. The van der Waals surface area contributed by atoms with E-state index in [1.165, 1.54) is 54.9 Å². The van der Waals surface area contributed by atoms with Crippen LogP contribution in [-0.2, 0) is 0 Å². The summed E-state index contributed by atoms with van der Waals surface area (Å²) in [6.45, 7) is 8.78. The zero-order valence-electron chi connectivity index (χ0n) is 35.3. The van der Waals surface area contributed by atoms with E-state index in [-0.39, 0.29) is 24.0 Å². The molecule has 4 heteroatoms. The molecule has 4 aliphatic rings. The Morgan fingerprint density at radius 1 is 0.355 bits per heavy atom. The van der Waals surface area contributed by atoms with Crippen LogP contribution in [0.5, 0.6) is 11.5 Å². The molecule has 12 rings (SSSR count). The molecule has 0 fully saturated rings. The quantitative estimate of drug-likeness (QED) is 0.156. The first-order chi connectivity index (χ1) is 30.4. The fourth-order valence-corrected chi connectivity index (χ4v) is 10.3. The van der Waals surface area contributed by atoms with E-state index in [4.69, 9.17) is 9.47 Å². The molecule has 4 nitrogen and oxygen atoms in total. The Balaban J connectivity index is 1.14. The number of rotatable bonds is 6. The highest BCUT2D eigenvalue weighted by Gasteiger charge is 2.37. The molecule has 2 heterocycles. The fraction of sp³-hybridized carbons (Fsp3) is 0.138. The average molecular weight is 803 g/mol. The third-order valence-corrected chi connectivity index (χ3v) is 13.7. The lowest BCUT2D eigenvalue weighted by Gasteiger charge is -2.31. The molecule has 2 aliphatic carbocycles. The summed E-state index contributed by atoms with van der Waals surface area (Å²) in [6, 6.07) is 49.6. The third-order valence-electron chi connectivity index (χ3n) is 13.7. The molecule has 4 atom stereocenters. The average Bonchev–Trinajstić information content (AvgIpc) is 3.89. The molecular formula is C58H46N2O2. The van der Waals surface area contributed by atoms with Gasteiger partial charge in [0.1, 0.15) is 23.7 Å². The maximum atomic E-state index is 6.89. The summed E-state index contributed by atoms with van der Waals surface area (Å²) in [4.78, 5) is 4.88. The highest BCUT2D eigenvalue weighted by Crippen LogP contribution is 2.55. The maximum absolute atomic E-state index is 6.89. The number of hydrogen-bond acceptors (Lipinski definition) is 4. The number of aryl methyl sites for hydroxylation is 4. The number of anilines is 6. The van der Waals surface area contributed by atoms with Crippen LogP contribution in [0.1, 0.15) is 45.2 Å². The summed E-state index contributed by atoms with van der Waals surface area (Å²) in [5.41, 5.74) is 13.9. The van der Waals surface area contributed by atoms with Crippen molar-refractivity contribution < 1.29 is 9.47 Å². The second kappa shape index (κ2) is 14.1. The van der Waals surface area contributed by atoms with Gasteiger partial charge in [-0.1, -0.05) is 121 Å². The standard InChI is InChI=1S/C58H46N2O2/c1-35-27-29-39(31-37(35)3)59(51-23-13-21-47-45-19-9-11-25-55(45)61-57(47)51)53-33-49-42-16-6-8-18-44(42)54(34-50(49)41-15-5-7-17-43(41)53)60(40-30-28-36(2)38(4)32-40)52-24-14-22-48-46-20-10-12-26-56(46)62-58(48)52/h5-34,45-46,55-56H,1-4H3. The minimum atomic E-state index is -0.0260. The summed E-state index contributed by atoms with van der Waals surface area (Å²) in [7, 11) is 0. The summed E-state index contributed by atoms with van der Waals surface area (Å²) < 4.78 is 13.8.